The van der Waals surface area contributed by atoms with Gasteiger partial charge in [-0.3, -0.25) is 0 Å². The van der Waals surface area contributed by atoms with Gasteiger partial charge in [0.05, 0.1) is 29.4 Å². The SMILES string of the molecule is CC1(C)OB(c2c3c(nn2PI)-c2occc2CC3)OC1(C)C. The predicted octanol–water partition coefficient (Wildman–Crippen LogP) is 3.33. The van der Waals surface area contributed by atoms with E-state index in [1.165, 1.54) is 11.1 Å². The molecule has 4 rings (SSSR count). The van der Waals surface area contributed by atoms with Crippen LogP contribution in [0.15, 0.2) is 16.7 Å². The van der Waals surface area contributed by atoms with Crippen LogP contribution >= 0.6 is 28.4 Å². The maximum Gasteiger partial charge on any atom is 0.514 e. The van der Waals surface area contributed by atoms with Crippen LogP contribution in [0, 0.1) is 0 Å². The van der Waals surface area contributed by atoms with Gasteiger partial charge in [-0.15, -0.1) is 0 Å². The molecule has 0 radical (unpaired) electrons. The van der Waals surface area contributed by atoms with E-state index in [1.54, 1.807) is 6.26 Å². The number of nitrogens with zero attached hydrogens (tertiary/aromatic N) is 2. The number of hydrogen-bond donors (Lipinski definition) is 0. The van der Waals surface area contributed by atoms with Crippen molar-refractivity contribution in [3.05, 3.63) is 23.5 Å². The van der Waals surface area contributed by atoms with Gasteiger partial charge in [0.15, 0.2) is 5.76 Å². The van der Waals surface area contributed by atoms with E-state index in [0.717, 1.165) is 29.9 Å². The second kappa shape index (κ2) is 5.31. The van der Waals surface area contributed by atoms with Crippen LogP contribution in [-0.2, 0) is 22.2 Å². The van der Waals surface area contributed by atoms with Crippen molar-refractivity contribution in [1.82, 2.24) is 9.55 Å². The van der Waals surface area contributed by atoms with E-state index in [2.05, 4.69) is 49.7 Å². The zero-order chi connectivity index (χ0) is 16.4. The van der Waals surface area contributed by atoms with E-state index in [9.17, 15) is 0 Å². The first kappa shape index (κ1) is 16.1. The van der Waals surface area contributed by atoms with Gasteiger partial charge < -0.3 is 13.7 Å². The topological polar surface area (TPSA) is 49.4 Å². The number of halogens is 1. The molecule has 1 unspecified atom stereocenters. The number of aryl methyl sites for hydroxylation is 1. The largest absolute Gasteiger partial charge is 0.514 e. The van der Waals surface area contributed by atoms with E-state index in [4.69, 9.17) is 18.8 Å². The standard InChI is InChI=1S/C15H19BIN2O3P/c1-14(2)15(3,4)22-16(21-14)13-10-6-5-9-7-8-20-12(9)11(10)18-19(13)23-17/h7-8,23H,5-6H2,1-4H3. The Bertz CT molecular complexity index is 755. The van der Waals surface area contributed by atoms with Crippen molar-refractivity contribution in [2.75, 3.05) is 0 Å². The van der Waals surface area contributed by atoms with E-state index in [0.29, 0.717) is 6.37 Å². The summed E-state index contributed by atoms with van der Waals surface area (Å²) in [4.78, 5) is 0. The van der Waals surface area contributed by atoms with Gasteiger partial charge in [-0.2, -0.15) is 5.10 Å². The van der Waals surface area contributed by atoms with E-state index >= 15 is 0 Å². The Kier molecular flexibility index (Phi) is 3.73. The molecule has 23 heavy (non-hydrogen) atoms. The molecule has 3 heterocycles. The van der Waals surface area contributed by atoms with Crippen molar-refractivity contribution in [3.63, 3.8) is 0 Å². The smallest absolute Gasteiger partial charge is 0.462 e. The lowest BCUT2D eigenvalue weighted by atomic mass is 9.78. The molecule has 0 N–H and O–H groups in total. The summed E-state index contributed by atoms with van der Waals surface area (Å²) in [5.41, 5.74) is 3.74. The maximum absolute atomic E-state index is 6.27. The van der Waals surface area contributed by atoms with Gasteiger partial charge in [-0.25, -0.2) is 4.45 Å². The van der Waals surface area contributed by atoms with Crippen LogP contribution in [0.25, 0.3) is 11.5 Å². The predicted molar refractivity (Wildman–Crippen MR) is 101 cm³/mol. The van der Waals surface area contributed by atoms with Crippen molar-refractivity contribution in [2.24, 2.45) is 0 Å². The minimum absolute atomic E-state index is 0.349. The minimum atomic E-state index is -0.380. The fraction of sp³-hybridized carbons (Fsp3) is 0.533. The Morgan fingerprint density at radius 2 is 1.91 bits per heavy atom. The molecule has 2 aromatic rings. The summed E-state index contributed by atoms with van der Waals surface area (Å²) in [6.45, 7) is 8.32. The second-order valence-corrected chi connectivity index (χ2v) is 9.11. The average molecular weight is 444 g/mol. The van der Waals surface area contributed by atoms with Crippen molar-refractivity contribution in [3.8, 4) is 11.5 Å². The molecular formula is C15H19BIN2O3P. The average Bonchev–Trinajstić information content (AvgIpc) is 3.12. The Balaban J connectivity index is 1.82. The Labute approximate surface area is 150 Å². The van der Waals surface area contributed by atoms with Crippen LogP contribution in [0.1, 0.15) is 38.8 Å². The molecule has 1 aliphatic carbocycles. The lowest BCUT2D eigenvalue weighted by molar-refractivity contribution is 0.00578. The Hall–Kier alpha value is -0.365. The summed E-state index contributed by atoms with van der Waals surface area (Å²) in [5.74, 6) is 0.900. The molecule has 0 amide bonds. The van der Waals surface area contributed by atoms with Crippen LogP contribution in [-0.4, -0.2) is 27.9 Å². The molecule has 1 saturated heterocycles. The lowest BCUT2D eigenvalue weighted by Crippen LogP contribution is -2.41. The first-order valence-electron chi connectivity index (χ1n) is 7.75. The fourth-order valence-electron chi connectivity index (χ4n) is 3.15. The quantitative estimate of drug-likeness (QED) is 0.406. The number of rotatable bonds is 2. The van der Waals surface area contributed by atoms with Crippen LogP contribution in [0.5, 0.6) is 0 Å². The molecule has 0 saturated carbocycles. The lowest BCUT2D eigenvalue weighted by Gasteiger charge is -2.32. The highest BCUT2D eigenvalue weighted by atomic mass is 127. The molecule has 2 aromatic heterocycles. The molecule has 1 fully saturated rings. The summed E-state index contributed by atoms with van der Waals surface area (Å²) < 4.78 is 20.2. The normalized spacial score (nSPS) is 21.9. The summed E-state index contributed by atoms with van der Waals surface area (Å²) in [6, 6.07) is 2.04. The van der Waals surface area contributed by atoms with Gasteiger partial charge >= 0.3 is 7.12 Å². The third-order valence-corrected chi connectivity index (χ3v) is 7.06. The number of hydrogen-bond acceptors (Lipinski definition) is 4. The van der Waals surface area contributed by atoms with Crippen LogP contribution in [0.4, 0.5) is 0 Å². The third kappa shape index (κ3) is 2.35. The van der Waals surface area contributed by atoms with Crippen molar-refractivity contribution >= 4 is 41.1 Å². The van der Waals surface area contributed by atoms with Crippen LogP contribution < -0.4 is 5.59 Å². The molecule has 0 spiro atoms. The molecule has 122 valence electrons. The van der Waals surface area contributed by atoms with E-state index in [-0.39, 0.29) is 18.3 Å². The Morgan fingerprint density at radius 1 is 1.22 bits per heavy atom. The summed E-state index contributed by atoms with van der Waals surface area (Å²) in [7, 11) is -0.380. The highest BCUT2D eigenvalue weighted by Gasteiger charge is 2.54. The molecule has 1 atom stereocenters. The fourth-order valence-corrected chi connectivity index (χ4v) is 4.73. The van der Waals surface area contributed by atoms with Crippen LogP contribution in [0.2, 0.25) is 0 Å². The highest BCUT2D eigenvalue weighted by molar-refractivity contribution is 14.2. The van der Waals surface area contributed by atoms with Gasteiger partial charge in [0.25, 0.3) is 0 Å². The first-order valence-corrected chi connectivity index (χ1v) is 11.8. The van der Waals surface area contributed by atoms with Gasteiger partial charge in [0.1, 0.15) is 5.69 Å². The number of fused-ring (bicyclic) bond motifs is 3. The molecule has 5 nitrogen and oxygen atoms in total. The minimum Gasteiger partial charge on any atom is -0.462 e. The number of furan rings is 1. The van der Waals surface area contributed by atoms with Crippen LogP contribution in [0.3, 0.4) is 0 Å². The van der Waals surface area contributed by atoms with Gasteiger partial charge in [0, 0.05) is 11.1 Å². The molecule has 2 aliphatic rings. The van der Waals surface area contributed by atoms with Gasteiger partial charge in [0.2, 0.25) is 0 Å². The van der Waals surface area contributed by atoms with Gasteiger partial charge in [-0.05, 0) is 68.6 Å². The third-order valence-electron chi connectivity index (χ3n) is 5.19. The first-order chi connectivity index (χ1) is 10.8. The summed E-state index contributed by atoms with van der Waals surface area (Å²) in [5, 5.41) is 4.79. The Morgan fingerprint density at radius 3 is 2.57 bits per heavy atom. The molecular weight excluding hydrogens is 425 g/mol. The van der Waals surface area contributed by atoms with Crippen molar-refractivity contribution < 1.29 is 13.7 Å². The maximum atomic E-state index is 6.27. The highest BCUT2D eigenvalue weighted by Crippen LogP contribution is 2.40. The summed E-state index contributed by atoms with van der Waals surface area (Å²) in [6.07, 6.45) is 4.16. The zero-order valence-electron chi connectivity index (χ0n) is 13.6. The molecule has 0 aromatic carbocycles. The number of aromatic nitrogens is 2. The molecule has 1 aliphatic heterocycles. The zero-order valence-corrected chi connectivity index (χ0v) is 16.8. The monoisotopic (exact) mass is 444 g/mol. The molecule has 0 bridgehead atoms. The van der Waals surface area contributed by atoms with Crippen molar-refractivity contribution in [2.45, 2.75) is 51.7 Å². The summed E-state index contributed by atoms with van der Waals surface area (Å²) >= 11 is 2.35. The second-order valence-electron chi connectivity index (χ2n) is 7.07. The van der Waals surface area contributed by atoms with E-state index in [1.807, 2.05) is 10.5 Å². The van der Waals surface area contributed by atoms with Gasteiger partial charge in [-0.1, -0.05) is 0 Å². The van der Waals surface area contributed by atoms with E-state index < -0.39 is 0 Å². The molecule has 8 heteroatoms. The van der Waals surface area contributed by atoms with Crippen molar-refractivity contribution in [1.29, 1.82) is 0 Å².